The van der Waals surface area contributed by atoms with Gasteiger partial charge in [-0.25, -0.2) is 23.1 Å². The van der Waals surface area contributed by atoms with Crippen LogP contribution in [0.25, 0.3) is 16.7 Å². The molecule has 186 valence electrons. The molecule has 1 fully saturated rings. The van der Waals surface area contributed by atoms with E-state index in [9.17, 15) is 8.42 Å². The van der Waals surface area contributed by atoms with Crippen LogP contribution < -0.4 is 4.90 Å². The van der Waals surface area contributed by atoms with E-state index in [1.54, 1.807) is 34.8 Å². The molecule has 0 amide bonds. The minimum absolute atomic E-state index is 0.321. The van der Waals surface area contributed by atoms with E-state index in [0.29, 0.717) is 43.3 Å². The second-order valence-electron chi connectivity index (χ2n) is 8.96. The van der Waals surface area contributed by atoms with Crippen molar-refractivity contribution in [3.8, 4) is 5.69 Å². The highest BCUT2D eigenvalue weighted by atomic mass is 32.2. The second-order valence-corrected chi connectivity index (χ2v) is 10.9. The predicted octanol–water partition coefficient (Wildman–Crippen LogP) is 3.92. The number of nitrogens with zero attached hydrogens (tertiary/aromatic N) is 6. The zero-order valence-corrected chi connectivity index (χ0v) is 21.0. The number of hydrogen-bond acceptors (Lipinski definition) is 6. The lowest BCUT2D eigenvalue weighted by molar-refractivity contribution is 0.384. The molecular formula is C28H26N6O2S. The van der Waals surface area contributed by atoms with Crippen LogP contribution in [-0.4, -0.2) is 58.7 Å². The molecule has 1 aliphatic heterocycles. The van der Waals surface area contributed by atoms with Gasteiger partial charge < -0.3 is 4.90 Å². The van der Waals surface area contributed by atoms with Crippen molar-refractivity contribution < 1.29 is 8.42 Å². The van der Waals surface area contributed by atoms with Crippen LogP contribution in [0.4, 0.5) is 5.82 Å². The van der Waals surface area contributed by atoms with Gasteiger partial charge in [-0.3, -0.25) is 0 Å². The second kappa shape index (κ2) is 9.76. The lowest BCUT2D eigenvalue weighted by Gasteiger charge is -2.35. The van der Waals surface area contributed by atoms with Crippen LogP contribution in [0.3, 0.4) is 0 Å². The van der Waals surface area contributed by atoms with Crippen LogP contribution in [0.1, 0.15) is 11.4 Å². The van der Waals surface area contributed by atoms with Crippen LogP contribution in [0, 0.1) is 0 Å². The summed E-state index contributed by atoms with van der Waals surface area (Å²) in [6.07, 6.45) is 2.39. The number of hydrogen-bond donors (Lipinski definition) is 0. The Morgan fingerprint density at radius 2 is 1.35 bits per heavy atom. The van der Waals surface area contributed by atoms with Crippen molar-refractivity contribution in [2.24, 2.45) is 0 Å². The zero-order chi connectivity index (χ0) is 25.2. The van der Waals surface area contributed by atoms with E-state index in [4.69, 9.17) is 9.97 Å². The first-order valence-electron chi connectivity index (χ1n) is 12.2. The normalized spacial score (nSPS) is 14.8. The fourth-order valence-corrected chi connectivity index (χ4v) is 6.12. The van der Waals surface area contributed by atoms with Gasteiger partial charge in [0.1, 0.15) is 11.6 Å². The minimum Gasteiger partial charge on any atom is -0.353 e. The molecule has 8 nitrogen and oxygen atoms in total. The molecule has 9 heteroatoms. The van der Waals surface area contributed by atoms with E-state index in [2.05, 4.69) is 22.1 Å². The van der Waals surface area contributed by atoms with E-state index in [1.807, 2.05) is 59.3 Å². The molecule has 5 aromatic rings. The summed E-state index contributed by atoms with van der Waals surface area (Å²) in [7, 11) is -3.53. The molecule has 0 atom stereocenters. The maximum Gasteiger partial charge on any atom is 0.243 e. The Labute approximate surface area is 215 Å². The lowest BCUT2D eigenvalue weighted by atomic mass is 10.1. The van der Waals surface area contributed by atoms with Crippen molar-refractivity contribution in [2.75, 3.05) is 31.1 Å². The van der Waals surface area contributed by atoms with Crippen LogP contribution in [0.2, 0.25) is 0 Å². The topological polar surface area (TPSA) is 84.2 Å². The number of anilines is 1. The van der Waals surface area contributed by atoms with Gasteiger partial charge in [0.2, 0.25) is 10.0 Å². The molecule has 6 rings (SSSR count). The maximum atomic E-state index is 13.1. The van der Waals surface area contributed by atoms with Gasteiger partial charge in [-0.2, -0.15) is 9.40 Å². The molecule has 3 heterocycles. The quantitative estimate of drug-likeness (QED) is 0.344. The molecule has 1 aliphatic rings. The van der Waals surface area contributed by atoms with Crippen LogP contribution in [0.15, 0.2) is 102 Å². The Bertz CT molecular complexity index is 1620. The Kier molecular flexibility index (Phi) is 6.15. The largest absolute Gasteiger partial charge is 0.353 e. The van der Waals surface area contributed by atoms with E-state index < -0.39 is 10.0 Å². The summed E-state index contributed by atoms with van der Waals surface area (Å²) in [6.45, 7) is 1.81. The van der Waals surface area contributed by atoms with Crippen LogP contribution >= 0.6 is 0 Å². The first kappa shape index (κ1) is 23.3. The van der Waals surface area contributed by atoms with Gasteiger partial charge in [-0.15, -0.1) is 0 Å². The van der Waals surface area contributed by atoms with Crippen LogP contribution in [0.5, 0.6) is 0 Å². The predicted molar refractivity (Wildman–Crippen MR) is 143 cm³/mol. The summed E-state index contributed by atoms with van der Waals surface area (Å²) in [6, 6.07) is 28.7. The fraction of sp³-hybridized carbons (Fsp3) is 0.179. The summed E-state index contributed by atoms with van der Waals surface area (Å²) in [5, 5.41) is 5.49. The molecule has 0 N–H and O–H groups in total. The number of para-hydroxylation sites is 1. The van der Waals surface area contributed by atoms with Crippen molar-refractivity contribution in [1.29, 1.82) is 0 Å². The van der Waals surface area contributed by atoms with Crippen molar-refractivity contribution in [3.63, 3.8) is 0 Å². The van der Waals surface area contributed by atoms with E-state index >= 15 is 0 Å². The van der Waals surface area contributed by atoms with Crippen LogP contribution in [-0.2, 0) is 16.4 Å². The van der Waals surface area contributed by atoms with E-state index in [-0.39, 0.29) is 0 Å². The van der Waals surface area contributed by atoms with Gasteiger partial charge in [0.15, 0.2) is 5.65 Å². The molecule has 37 heavy (non-hydrogen) atoms. The van der Waals surface area contributed by atoms with Gasteiger partial charge in [-0.05, 0) is 29.8 Å². The average molecular weight is 511 g/mol. The number of benzene rings is 3. The Morgan fingerprint density at radius 1 is 0.730 bits per heavy atom. The minimum atomic E-state index is -3.53. The number of aromatic nitrogens is 4. The first-order chi connectivity index (χ1) is 18.1. The Hall–Kier alpha value is -4.08. The highest BCUT2D eigenvalue weighted by Crippen LogP contribution is 2.28. The summed E-state index contributed by atoms with van der Waals surface area (Å²) in [5.41, 5.74) is 2.78. The van der Waals surface area contributed by atoms with E-state index in [1.165, 1.54) is 0 Å². The molecule has 0 unspecified atom stereocenters. The van der Waals surface area contributed by atoms with Gasteiger partial charge in [-0.1, -0.05) is 66.7 Å². The zero-order valence-electron chi connectivity index (χ0n) is 20.2. The molecule has 0 radical (unpaired) electrons. The van der Waals surface area contributed by atoms with Gasteiger partial charge >= 0.3 is 0 Å². The summed E-state index contributed by atoms with van der Waals surface area (Å²) in [5.74, 6) is 1.49. The van der Waals surface area contributed by atoms with Crippen molar-refractivity contribution in [3.05, 3.63) is 109 Å². The number of piperazine rings is 1. The molecular weight excluding hydrogens is 484 g/mol. The molecule has 0 spiro atoms. The third-order valence-electron chi connectivity index (χ3n) is 6.58. The van der Waals surface area contributed by atoms with Gasteiger partial charge in [0.05, 0.1) is 22.2 Å². The lowest BCUT2D eigenvalue weighted by Crippen LogP contribution is -2.49. The third-order valence-corrected chi connectivity index (χ3v) is 8.49. The molecule has 0 bridgehead atoms. The maximum absolute atomic E-state index is 13.1. The third kappa shape index (κ3) is 4.59. The smallest absolute Gasteiger partial charge is 0.243 e. The standard InChI is InChI=1S/C28H26N6O2S/c35-37(36,24-14-8-3-9-15-24)33-18-16-32(17-19-33)27-25-21-29-34(23-12-6-2-7-13-23)28(25)31-26(30-27)20-22-10-4-1-5-11-22/h1-15,21H,16-20H2. The number of rotatable bonds is 6. The van der Waals surface area contributed by atoms with Gasteiger partial charge in [0, 0.05) is 32.6 Å². The molecule has 0 aliphatic carbocycles. The molecule has 2 aromatic heterocycles. The summed E-state index contributed by atoms with van der Waals surface area (Å²) in [4.78, 5) is 12.3. The molecule has 0 saturated carbocycles. The SMILES string of the molecule is O=S(=O)(c1ccccc1)N1CCN(c2nc(Cc3ccccc3)nc3c2cnn3-c2ccccc2)CC1. The average Bonchev–Trinajstić information content (AvgIpc) is 3.38. The Balaban J connectivity index is 1.35. The highest BCUT2D eigenvalue weighted by Gasteiger charge is 2.30. The van der Waals surface area contributed by atoms with Crippen molar-refractivity contribution in [2.45, 2.75) is 11.3 Å². The fourth-order valence-electron chi connectivity index (χ4n) is 4.68. The molecule has 1 saturated heterocycles. The monoisotopic (exact) mass is 510 g/mol. The van der Waals surface area contributed by atoms with E-state index in [0.717, 1.165) is 28.1 Å². The summed E-state index contributed by atoms with van der Waals surface area (Å²) >= 11 is 0. The van der Waals surface area contributed by atoms with Crippen molar-refractivity contribution in [1.82, 2.24) is 24.1 Å². The highest BCUT2D eigenvalue weighted by molar-refractivity contribution is 7.89. The van der Waals surface area contributed by atoms with Crippen molar-refractivity contribution >= 4 is 26.9 Å². The molecule has 3 aromatic carbocycles. The Morgan fingerprint density at radius 3 is 2.03 bits per heavy atom. The first-order valence-corrected chi connectivity index (χ1v) is 13.7. The number of fused-ring (bicyclic) bond motifs is 1. The van der Waals surface area contributed by atoms with Gasteiger partial charge in [0.25, 0.3) is 0 Å². The summed E-state index contributed by atoms with van der Waals surface area (Å²) < 4.78 is 29.6. The number of sulfonamides is 1.